The Bertz CT molecular complexity index is 1030. The minimum absolute atomic E-state index is 0.0427. The van der Waals surface area contributed by atoms with E-state index in [1.54, 1.807) is 30.3 Å². The van der Waals surface area contributed by atoms with Crippen LogP contribution < -0.4 is 5.73 Å². The molecule has 0 aliphatic carbocycles. The van der Waals surface area contributed by atoms with Gasteiger partial charge in [-0.25, -0.2) is 0 Å². The van der Waals surface area contributed by atoms with E-state index in [9.17, 15) is 23.7 Å². The van der Waals surface area contributed by atoms with Crippen LogP contribution in [0.5, 0.6) is 0 Å². The molecule has 0 saturated carbocycles. The van der Waals surface area contributed by atoms with Crippen LogP contribution in [0.25, 0.3) is 0 Å². The van der Waals surface area contributed by atoms with Crippen LogP contribution in [-0.2, 0) is 37.1 Å². The molecule has 7 nitrogen and oxygen atoms in total. The molecule has 0 radical (unpaired) electrons. The number of nitrogens with zero attached hydrogens (tertiary/aromatic N) is 1. The number of hydrogen-bond acceptors (Lipinski definition) is 6. The lowest BCUT2D eigenvalue weighted by Crippen LogP contribution is -2.67. The number of aryl methyl sites for hydroxylation is 1. The van der Waals surface area contributed by atoms with E-state index in [1.165, 1.54) is 11.8 Å². The van der Waals surface area contributed by atoms with Crippen LogP contribution >= 0.6 is 11.8 Å². The Morgan fingerprint density at radius 3 is 2.30 bits per heavy atom. The molecule has 1 saturated heterocycles. The monoisotopic (exact) mass is 488 g/mol. The molecule has 3 atom stereocenters. The molecule has 0 spiro atoms. The second kappa shape index (κ2) is 10.6. The molecule has 3 N–H and O–H groups in total. The van der Waals surface area contributed by atoms with E-state index < -0.39 is 39.0 Å². The van der Waals surface area contributed by atoms with E-state index in [2.05, 4.69) is 0 Å². The third kappa shape index (κ3) is 5.20. The molecule has 1 fully saturated rings. The van der Waals surface area contributed by atoms with Crippen LogP contribution in [0.4, 0.5) is 0 Å². The normalized spacial score (nSPS) is 25.5. The van der Waals surface area contributed by atoms with Crippen molar-refractivity contribution in [1.29, 1.82) is 0 Å². The van der Waals surface area contributed by atoms with Crippen LogP contribution in [0.15, 0.2) is 60.7 Å². The molecule has 33 heavy (non-hydrogen) atoms. The summed E-state index contributed by atoms with van der Waals surface area (Å²) in [7, 11) is -1.79. The fourth-order valence-corrected chi connectivity index (χ4v) is 7.75. The minimum Gasteiger partial charge on any atom is -0.480 e. The molecule has 0 bridgehead atoms. The molecule has 176 valence electrons. The Morgan fingerprint density at radius 1 is 1.12 bits per heavy atom. The lowest BCUT2D eigenvalue weighted by atomic mass is 9.81. The summed E-state index contributed by atoms with van der Waals surface area (Å²) >= 11 is 0.732. The molecule has 1 aliphatic heterocycles. The van der Waals surface area contributed by atoms with Gasteiger partial charge in [-0.3, -0.25) is 18.6 Å². The predicted octanol–water partition coefficient (Wildman–Crippen LogP) is 2.86. The number of rotatable bonds is 8. The number of benzene rings is 2. The maximum absolute atomic E-state index is 13.6. The molecular formula is C24H28N2O5S2. The summed E-state index contributed by atoms with van der Waals surface area (Å²) in [4.78, 5) is 38.7. The lowest BCUT2D eigenvalue weighted by Gasteiger charge is -2.51. The first-order valence-corrected chi connectivity index (χ1v) is 12.8. The van der Waals surface area contributed by atoms with E-state index >= 15 is 0 Å². The van der Waals surface area contributed by atoms with Gasteiger partial charge in [0.15, 0.2) is 9.32 Å². The molecule has 2 aromatic rings. The number of carboxylic acid groups (broad SMARTS) is 1. The molecule has 2 aromatic carbocycles. The fraction of sp³-hybridized carbons (Fsp3) is 0.375. The average molecular weight is 489 g/mol. The van der Waals surface area contributed by atoms with Gasteiger partial charge < -0.3 is 15.7 Å². The molecule has 1 aliphatic rings. The van der Waals surface area contributed by atoms with Gasteiger partial charge in [0, 0.05) is 19.1 Å². The SMILES string of the molecule is CC(=O)SC1(N)S(=O)CCC(=O)N(CC(=O)O)C1(CCCc1ccccc1)c1ccccc1. The van der Waals surface area contributed by atoms with Gasteiger partial charge in [-0.2, -0.15) is 0 Å². The van der Waals surface area contributed by atoms with Crippen LogP contribution in [0, 0.1) is 0 Å². The summed E-state index contributed by atoms with van der Waals surface area (Å²) in [6.45, 7) is 0.734. The zero-order valence-corrected chi connectivity index (χ0v) is 20.1. The number of amides is 1. The van der Waals surface area contributed by atoms with Crippen molar-refractivity contribution in [2.45, 2.75) is 42.3 Å². The Kier molecular flexibility index (Phi) is 8.10. The largest absolute Gasteiger partial charge is 0.480 e. The summed E-state index contributed by atoms with van der Waals surface area (Å²) in [6.07, 6.45) is 1.33. The van der Waals surface area contributed by atoms with Gasteiger partial charge in [0.05, 0.1) is 10.8 Å². The first kappa shape index (κ1) is 25.1. The average Bonchev–Trinajstić information content (AvgIpc) is 2.85. The van der Waals surface area contributed by atoms with Crippen molar-refractivity contribution >= 4 is 39.6 Å². The number of carbonyl (C=O) groups excluding carboxylic acids is 2. The third-order valence-corrected chi connectivity index (χ3v) is 9.19. The summed E-state index contributed by atoms with van der Waals surface area (Å²) in [6, 6.07) is 18.6. The number of hydrogen-bond donors (Lipinski definition) is 2. The highest BCUT2D eigenvalue weighted by molar-refractivity contribution is 8.22. The van der Waals surface area contributed by atoms with Crippen molar-refractivity contribution < 1.29 is 23.7 Å². The van der Waals surface area contributed by atoms with Crippen molar-refractivity contribution in [2.24, 2.45) is 5.73 Å². The zero-order chi connectivity index (χ0) is 24.1. The van der Waals surface area contributed by atoms with Gasteiger partial charge in [0.1, 0.15) is 12.1 Å². The van der Waals surface area contributed by atoms with E-state index in [4.69, 9.17) is 5.73 Å². The number of carboxylic acids is 1. The quantitative estimate of drug-likeness (QED) is 0.549. The van der Waals surface area contributed by atoms with Crippen LogP contribution in [0.1, 0.15) is 37.3 Å². The van der Waals surface area contributed by atoms with E-state index in [0.717, 1.165) is 17.3 Å². The first-order chi connectivity index (χ1) is 15.7. The van der Waals surface area contributed by atoms with Gasteiger partial charge in [-0.15, -0.1) is 0 Å². The number of carbonyl (C=O) groups is 3. The molecular weight excluding hydrogens is 460 g/mol. The van der Waals surface area contributed by atoms with Gasteiger partial charge in [0.25, 0.3) is 0 Å². The second-order valence-corrected chi connectivity index (χ2v) is 11.4. The summed E-state index contributed by atoms with van der Waals surface area (Å²) < 4.78 is 11.8. The molecule has 1 heterocycles. The smallest absolute Gasteiger partial charge is 0.323 e. The number of aliphatic carboxylic acids is 1. The second-order valence-electron chi connectivity index (χ2n) is 8.00. The highest BCUT2D eigenvalue weighted by atomic mass is 32.2. The Balaban J connectivity index is 2.21. The van der Waals surface area contributed by atoms with E-state index in [0.29, 0.717) is 18.4 Å². The highest BCUT2D eigenvalue weighted by Gasteiger charge is 2.61. The topological polar surface area (TPSA) is 118 Å². The zero-order valence-electron chi connectivity index (χ0n) is 18.4. The van der Waals surface area contributed by atoms with Crippen LogP contribution in [0.3, 0.4) is 0 Å². The van der Waals surface area contributed by atoms with Gasteiger partial charge in [-0.1, -0.05) is 60.7 Å². The fourth-order valence-electron chi connectivity index (χ4n) is 4.48. The van der Waals surface area contributed by atoms with Gasteiger partial charge >= 0.3 is 5.97 Å². The molecule has 3 rings (SSSR count). The maximum atomic E-state index is 13.6. The summed E-state index contributed by atoms with van der Waals surface area (Å²) in [5.74, 6) is -1.68. The molecule has 0 aromatic heterocycles. The minimum atomic E-state index is -1.79. The molecule has 3 unspecified atom stereocenters. The third-order valence-electron chi connectivity index (χ3n) is 5.86. The van der Waals surface area contributed by atoms with E-state index in [-0.39, 0.29) is 23.7 Å². The van der Waals surface area contributed by atoms with Crippen LogP contribution in [0.2, 0.25) is 0 Å². The van der Waals surface area contributed by atoms with Crippen LogP contribution in [-0.4, -0.2) is 47.7 Å². The van der Waals surface area contributed by atoms with Crippen molar-refractivity contribution in [2.75, 3.05) is 12.3 Å². The van der Waals surface area contributed by atoms with Crippen molar-refractivity contribution in [3.8, 4) is 0 Å². The highest BCUT2D eigenvalue weighted by Crippen LogP contribution is 2.51. The molecule has 9 heteroatoms. The first-order valence-electron chi connectivity index (χ1n) is 10.7. The Labute approximate surface area is 200 Å². The van der Waals surface area contributed by atoms with Crippen molar-refractivity contribution in [1.82, 2.24) is 4.90 Å². The van der Waals surface area contributed by atoms with Gasteiger partial charge in [0.2, 0.25) is 5.91 Å². The summed E-state index contributed by atoms with van der Waals surface area (Å²) in [5.41, 5.74) is 7.06. The summed E-state index contributed by atoms with van der Waals surface area (Å²) in [5, 5.41) is 9.34. The standard InChI is InChI=1S/C24H28N2O5S2/c1-18(27)32-24(25)23(20-12-6-3-7-13-20,15-8-11-19-9-4-2-5-10-19)26(17-22(29)30)21(28)14-16-33(24)31/h2-7,9-10,12-13H,8,11,14-17,25H2,1H3,(H,29,30). The number of thioether (sulfide) groups is 1. The van der Waals surface area contributed by atoms with Crippen molar-refractivity contribution in [3.63, 3.8) is 0 Å². The molecule has 1 amide bonds. The Morgan fingerprint density at radius 2 is 1.73 bits per heavy atom. The maximum Gasteiger partial charge on any atom is 0.323 e. The van der Waals surface area contributed by atoms with E-state index in [1.807, 2.05) is 30.3 Å². The predicted molar refractivity (Wildman–Crippen MR) is 130 cm³/mol. The Hall–Kier alpha value is -2.49. The van der Waals surface area contributed by atoms with Gasteiger partial charge in [-0.05, 0) is 42.2 Å². The van der Waals surface area contributed by atoms with Crippen molar-refractivity contribution in [3.05, 3.63) is 71.8 Å². The number of nitrogens with two attached hydrogens (primary N) is 1. The lowest BCUT2D eigenvalue weighted by molar-refractivity contribution is -0.150.